The Hall–Kier alpha value is -1.19. The van der Waals surface area contributed by atoms with Crippen LogP contribution in [0.5, 0.6) is 0 Å². The van der Waals surface area contributed by atoms with E-state index in [0.717, 1.165) is 0 Å². The SMILES string of the molecule is C[Si](C)(C)O/N=C/c1nc(C#N)cs1. The minimum Gasteiger partial charge on any atom is -0.456 e. The minimum absolute atomic E-state index is 0.421. The number of rotatable bonds is 3. The highest BCUT2D eigenvalue weighted by Crippen LogP contribution is 2.07. The van der Waals surface area contributed by atoms with Gasteiger partial charge in [-0.2, -0.15) is 5.26 Å². The average Bonchev–Trinajstić information content (AvgIpc) is 2.50. The molecule has 0 bridgehead atoms. The van der Waals surface area contributed by atoms with Crippen LogP contribution in [0.15, 0.2) is 10.5 Å². The number of aromatic nitrogens is 1. The summed E-state index contributed by atoms with van der Waals surface area (Å²) in [6, 6.07) is 1.96. The van der Waals surface area contributed by atoms with Crippen molar-refractivity contribution >= 4 is 25.9 Å². The number of oxime groups is 1. The first-order valence-electron chi connectivity index (χ1n) is 4.08. The molecule has 4 nitrogen and oxygen atoms in total. The minimum atomic E-state index is -1.60. The van der Waals surface area contributed by atoms with E-state index in [0.29, 0.717) is 10.7 Å². The zero-order valence-corrected chi connectivity index (χ0v) is 10.1. The van der Waals surface area contributed by atoms with Crippen molar-refractivity contribution in [2.45, 2.75) is 19.6 Å². The third-order valence-corrected chi connectivity index (χ3v) is 2.56. The molecular weight excluding hydrogens is 214 g/mol. The lowest BCUT2D eigenvalue weighted by atomic mass is 10.6. The van der Waals surface area contributed by atoms with Gasteiger partial charge in [-0.15, -0.1) is 16.5 Å². The molecule has 0 radical (unpaired) electrons. The van der Waals surface area contributed by atoms with Crippen LogP contribution in [-0.2, 0) is 4.53 Å². The monoisotopic (exact) mass is 225 g/mol. The van der Waals surface area contributed by atoms with Crippen molar-refractivity contribution in [1.82, 2.24) is 4.98 Å². The Labute approximate surface area is 88.0 Å². The topological polar surface area (TPSA) is 58.3 Å². The van der Waals surface area contributed by atoms with Crippen LogP contribution in [0.4, 0.5) is 0 Å². The molecule has 6 heteroatoms. The molecule has 0 N–H and O–H groups in total. The van der Waals surface area contributed by atoms with Gasteiger partial charge in [-0.3, -0.25) is 0 Å². The summed E-state index contributed by atoms with van der Waals surface area (Å²) >= 11 is 1.38. The van der Waals surface area contributed by atoms with Gasteiger partial charge < -0.3 is 4.53 Å². The summed E-state index contributed by atoms with van der Waals surface area (Å²) in [6.07, 6.45) is 1.55. The maximum absolute atomic E-state index is 8.53. The molecule has 0 unspecified atom stereocenters. The van der Waals surface area contributed by atoms with Gasteiger partial charge in [0.1, 0.15) is 17.3 Å². The molecule has 1 aromatic rings. The fraction of sp³-hybridized carbons (Fsp3) is 0.375. The van der Waals surface area contributed by atoms with E-state index in [1.54, 1.807) is 11.6 Å². The largest absolute Gasteiger partial charge is 0.456 e. The van der Waals surface area contributed by atoms with Crippen molar-refractivity contribution in [2.24, 2.45) is 5.16 Å². The van der Waals surface area contributed by atoms with Crippen LogP contribution in [0.25, 0.3) is 0 Å². The Kier molecular flexibility index (Phi) is 3.38. The highest BCUT2D eigenvalue weighted by atomic mass is 32.1. The van der Waals surface area contributed by atoms with Gasteiger partial charge in [-0.25, -0.2) is 4.98 Å². The lowest BCUT2D eigenvalue weighted by molar-refractivity contribution is 0.338. The van der Waals surface area contributed by atoms with Crippen LogP contribution in [0.1, 0.15) is 10.7 Å². The van der Waals surface area contributed by atoms with Gasteiger partial charge in [-0.1, -0.05) is 0 Å². The number of thiazole rings is 1. The lowest BCUT2D eigenvalue weighted by Crippen LogP contribution is -2.22. The number of hydrogen-bond acceptors (Lipinski definition) is 5. The van der Waals surface area contributed by atoms with Crippen LogP contribution >= 0.6 is 11.3 Å². The second-order valence-corrected chi connectivity index (χ2v) is 8.92. The normalized spacial score (nSPS) is 11.6. The van der Waals surface area contributed by atoms with Crippen molar-refractivity contribution < 1.29 is 4.53 Å². The number of nitrogens with zero attached hydrogens (tertiary/aromatic N) is 3. The van der Waals surface area contributed by atoms with Crippen LogP contribution in [0, 0.1) is 11.3 Å². The van der Waals surface area contributed by atoms with Crippen LogP contribution < -0.4 is 0 Å². The van der Waals surface area contributed by atoms with Gasteiger partial charge >= 0.3 is 0 Å². The predicted octanol–water partition coefficient (Wildman–Crippen LogP) is 2.20. The smallest absolute Gasteiger partial charge is 0.278 e. The Bertz CT molecular complexity index is 375. The molecule has 1 aromatic heterocycles. The first kappa shape index (κ1) is 10.9. The molecule has 0 aliphatic carbocycles. The molecule has 74 valence electrons. The van der Waals surface area contributed by atoms with Gasteiger partial charge in [0, 0.05) is 5.38 Å². The summed E-state index contributed by atoms with van der Waals surface area (Å²) < 4.78 is 5.27. The third kappa shape index (κ3) is 3.68. The van der Waals surface area contributed by atoms with Gasteiger partial charge in [0.25, 0.3) is 8.32 Å². The summed E-state index contributed by atoms with van der Waals surface area (Å²) in [4.78, 5) is 3.99. The van der Waals surface area contributed by atoms with Gasteiger partial charge in [-0.05, 0) is 19.6 Å². The quantitative estimate of drug-likeness (QED) is 0.450. The molecule has 0 spiro atoms. The molecule has 0 aliphatic heterocycles. The molecule has 0 saturated carbocycles. The van der Waals surface area contributed by atoms with E-state index in [4.69, 9.17) is 9.79 Å². The summed E-state index contributed by atoms with van der Waals surface area (Å²) in [5.74, 6) is 0. The van der Waals surface area contributed by atoms with Gasteiger partial charge in [0.2, 0.25) is 0 Å². The predicted molar refractivity (Wildman–Crippen MR) is 58.9 cm³/mol. The summed E-state index contributed by atoms with van der Waals surface area (Å²) in [5.41, 5.74) is 0.421. The molecule has 14 heavy (non-hydrogen) atoms. The van der Waals surface area contributed by atoms with Crippen LogP contribution in [0.3, 0.4) is 0 Å². The molecule has 0 aliphatic rings. The van der Waals surface area contributed by atoms with Crippen LogP contribution in [0.2, 0.25) is 19.6 Å². The Morgan fingerprint density at radius 3 is 2.86 bits per heavy atom. The first-order valence-corrected chi connectivity index (χ1v) is 8.37. The summed E-state index contributed by atoms with van der Waals surface area (Å²) in [6.45, 7) is 6.15. The maximum atomic E-state index is 8.53. The van der Waals surface area contributed by atoms with E-state index < -0.39 is 8.32 Å². The highest BCUT2D eigenvalue weighted by molar-refractivity contribution is 7.11. The highest BCUT2D eigenvalue weighted by Gasteiger charge is 2.15. The zero-order valence-electron chi connectivity index (χ0n) is 8.31. The van der Waals surface area contributed by atoms with Crippen molar-refractivity contribution in [2.75, 3.05) is 0 Å². The molecule has 0 atom stereocenters. The van der Waals surface area contributed by atoms with E-state index in [-0.39, 0.29) is 0 Å². The molecule has 1 rings (SSSR count). The zero-order chi connectivity index (χ0) is 10.6. The molecule has 0 amide bonds. The Balaban J connectivity index is 2.57. The first-order chi connectivity index (χ1) is 6.51. The third-order valence-electron chi connectivity index (χ3n) is 1.13. The number of hydrogen-bond donors (Lipinski definition) is 0. The van der Waals surface area contributed by atoms with Crippen LogP contribution in [-0.4, -0.2) is 19.5 Å². The van der Waals surface area contributed by atoms with Crippen molar-refractivity contribution in [3.63, 3.8) is 0 Å². The fourth-order valence-corrected chi connectivity index (χ4v) is 1.59. The van der Waals surface area contributed by atoms with E-state index in [2.05, 4.69) is 10.1 Å². The standard InChI is InChI=1S/C8H11N3OSSi/c1-14(2,3)12-10-5-8-11-7(4-9)6-13-8/h5-6H,1-3H3/b10-5+. The van der Waals surface area contributed by atoms with E-state index in [9.17, 15) is 0 Å². The van der Waals surface area contributed by atoms with Crippen molar-refractivity contribution in [3.8, 4) is 6.07 Å². The van der Waals surface area contributed by atoms with Gasteiger partial charge in [0.15, 0.2) is 5.69 Å². The van der Waals surface area contributed by atoms with Crippen molar-refractivity contribution in [3.05, 3.63) is 16.1 Å². The van der Waals surface area contributed by atoms with Crippen molar-refractivity contribution in [1.29, 1.82) is 5.26 Å². The van der Waals surface area contributed by atoms with Gasteiger partial charge in [0.05, 0.1) is 0 Å². The molecule has 0 fully saturated rings. The summed E-state index contributed by atoms with van der Waals surface area (Å²) in [5, 5.41) is 14.8. The fourth-order valence-electron chi connectivity index (χ4n) is 0.628. The number of nitriles is 1. The molecule has 0 saturated heterocycles. The maximum Gasteiger partial charge on any atom is 0.278 e. The second kappa shape index (κ2) is 4.35. The van der Waals surface area contributed by atoms with E-state index >= 15 is 0 Å². The second-order valence-electron chi connectivity index (χ2n) is 3.62. The molecule has 0 aromatic carbocycles. The summed E-state index contributed by atoms with van der Waals surface area (Å²) in [7, 11) is -1.60. The Morgan fingerprint density at radius 2 is 2.36 bits per heavy atom. The average molecular weight is 225 g/mol. The Morgan fingerprint density at radius 1 is 1.64 bits per heavy atom. The van der Waals surface area contributed by atoms with E-state index in [1.165, 1.54) is 11.3 Å². The van der Waals surface area contributed by atoms with E-state index in [1.807, 2.05) is 25.7 Å². The molecular formula is C8H11N3OSSi. The lowest BCUT2D eigenvalue weighted by Gasteiger charge is -2.11. The molecule has 1 heterocycles.